The van der Waals surface area contributed by atoms with E-state index in [0.29, 0.717) is 21.5 Å². The Morgan fingerprint density at radius 1 is 0.737 bits per heavy atom. The van der Waals surface area contributed by atoms with Crippen molar-refractivity contribution in [3.63, 3.8) is 0 Å². The minimum Gasteiger partial charge on any atom is -0.467 e. The fourth-order valence-electron chi connectivity index (χ4n) is 1.37. The van der Waals surface area contributed by atoms with Crippen molar-refractivity contribution in [3.05, 3.63) is 58.6 Å². The summed E-state index contributed by atoms with van der Waals surface area (Å²) < 4.78 is 15.9. The lowest BCUT2D eigenvalue weighted by Crippen LogP contribution is -2.08. The molecule has 0 saturated heterocycles. The van der Waals surface area contributed by atoms with Crippen molar-refractivity contribution in [2.24, 2.45) is 0 Å². The summed E-state index contributed by atoms with van der Waals surface area (Å²) in [5, 5.41) is 1.24. The van der Waals surface area contributed by atoms with E-state index in [1.54, 1.807) is 48.5 Å². The molecule has 3 nitrogen and oxygen atoms in total. The van der Waals surface area contributed by atoms with Crippen molar-refractivity contribution in [2.45, 2.75) is 0 Å². The highest BCUT2D eigenvalue weighted by atomic mass is 35.5. The topological polar surface area (TPSA) is 27.7 Å². The maximum atomic E-state index is 5.82. The number of hydrogen-bond donors (Lipinski definition) is 0. The van der Waals surface area contributed by atoms with Crippen LogP contribution in [0.25, 0.3) is 0 Å². The van der Waals surface area contributed by atoms with E-state index >= 15 is 0 Å². The van der Waals surface area contributed by atoms with Gasteiger partial charge in [0.1, 0.15) is 11.5 Å². The Morgan fingerprint density at radius 2 is 1.21 bits per heavy atom. The molecule has 0 aliphatic carbocycles. The number of rotatable bonds is 6. The number of hydrogen-bond acceptors (Lipinski definition) is 3. The summed E-state index contributed by atoms with van der Waals surface area (Å²) in [4.78, 5) is 0. The van der Waals surface area contributed by atoms with Crippen LogP contribution in [0.2, 0.25) is 10.0 Å². The van der Waals surface area contributed by atoms with Gasteiger partial charge in [-0.2, -0.15) is 0 Å². The van der Waals surface area contributed by atoms with Crippen LogP contribution in [0.4, 0.5) is 0 Å². The maximum absolute atomic E-state index is 5.82. The van der Waals surface area contributed by atoms with E-state index in [2.05, 4.69) is 0 Å². The highest BCUT2D eigenvalue weighted by Gasteiger charge is 1.97. The molecule has 0 spiro atoms. The van der Waals surface area contributed by atoms with Crippen molar-refractivity contribution in [1.82, 2.24) is 0 Å². The second-order valence-corrected chi connectivity index (χ2v) is 4.52. The van der Waals surface area contributed by atoms with Gasteiger partial charge >= 0.3 is 0 Å². The van der Waals surface area contributed by atoms with Crippen LogP contribution in [-0.2, 0) is 4.74 Å². The van der Waals surface area contributed by atoms with Gasteiger partial charge in [0.15, 0.2) is 13.6 Å². The molecule has 100 valence electrons. The Bertz CT molecular complexity index is 484. The van der Waals surface area contributed by atoms with Crippen molar-refractivity contribution < 1.29 is 14.2 Å². The molecule has 2 rings (SSSR count). The van der Waals surface area contributed by atoms with E-state index < -0.39 is 0 Å². The van der Waals surface area contributed by atoms with E-state index in [1.807, 2.05) is 0 Å². The molecule has 0 aliphatic heterocycles. The second kappa shape index (κ2) is 7.24. The molecule has 0 N–H and O–H groups in total. The highest BCUT2D eigenvalue weighted by molar-refractivity contribution is 6.31. The lowest BCUT2D eigenvalue weighted by atomic mass is 10.3. The average molecular weight is 299 g/mol. The molecule has 5 heteroatoms. The summed E-state index contributed by atoms with van der Waals surface area (Å²) in [6, 6.07) is 14.2. The summed E-state index contributed by atoms with van der Waals surface area (Å²) in [5.41, 5.74) is 0. The molecule has 0 fully saturated rings. The quantitative estimate of drug-likeness (QED) is 0.585. The fourth-order valence-corrected chi connectivity index (χ4v) is 1.73. The monoisotopic (exact) mass is 298 g/mol. The number of ether oxygens (including phenoxy) is 3. The van der Waals surface area contributed by atoms with Crippen LogP contribution in [-0.4, -0.2) is 13.6 Å². The summed E-state index contributed by atoms with van der Waals surface area (Å²) in [5.74, 6) is 1.30. The third-order valence-corrected chi connectivity index (χ3v) is 2.68. The fraction of sp³-hybridized carbons (Fsp3) is 0.143. The summed E-state index contributed by atoms with van der Waals surface area (Å²) >= 11 is 11.6. The largest absolute Gasteiger partial charge is 0.467 e. The van der Waals surface area contributed by atoms with Gasteiger partial charge in [-0.3, -0.25) is 0 Å². The van der Waals surface area contributed by atoms with Gasteiger partial charge in [0.2, 0.25) is 0 Å². The van der Waals surface area contributed by atoms with Gasteiger partial charge in [0.05, 0.1) is 0 Å². The van der Waals surface area contributed by atoms with Gasteiger partial charge in [-0.15, -0.1) is 0 Å². The van der Waals surface area contributed by atoms with Crippen LogP contribution in [0.3, 0.4) is 0 Å². The first-order chi connectivity index (χ1) is 9.24. The molecule has 0 heterocycles. The van der Waals surface area contributed by atoms with E-state index in [1.165, 1.54) is 0 Å². The van der Waals surface area contributed by atoms with E-state index in [-0.39, 0.29) is 13.6 Å². The Hall–Kier alpha value is -1.42. The van der Waals surface area contributed by atoms with Gasteiger partial charge in [0.25, 0.3) is 0 Å². The molecule has 19 heavy (non-hydrogen) atoms. The second-order valence-electron chi connectivity index (χ2n) is 3.64. The molecule has 0 unspecified atom stereocenters. The van der Waals surface area contributed by atoms with Crippen LogP contribution in [0, 0.1) is 0 Å². The lowest BCUT2D eigenvalue weighted by molar-refractivity contribution is -0.0536. The summed E-state index contributed by atoms with van der Waals surface area (Å²) in [7, 11) is 0. The Labute approximate surface area is 121 Å². The first kappa shape index (κ1) is 14.0. The SMILES string of the molecule is Clc1cccc(OCOCOc2cccc(Cl)c2)c1. The van der Waals surface area contributed by atoms with Crippen molar-refractivity contribution in [1.29, 1.82) is 0 Å². The predicted molar refractivity (Wildman–Crippen MR) is 75.0 cm³/mol. The average Bonchev–Trinajstić information content (AvgIpc) is 2.38. The van der Waals surface area contributed by atoms with E-state index in [0.717, 1.165) is 0 Å². The number of halogens is 2. The Morgan fingerprint density at radius 3 is 1.63 bits per heavy atom. The summed E-state index contributed by atoms with van der Waals surface area (Å²) in [6.45, 7) is 0.168. The zero-order valence-corrected chi connectivity index (χ0v) is 11.5. The third-order valence-electron chi connectivity index (χ3n) is 2.21. The Balaban J connectivity index is 1.67. The normalized spacial score (nSPS) is 10.2. The highest BCUT2D eigenvalue weighted by Crippen LogP contribution is 2.18. The van der Waals surface area contributed by atoms with Crippen LogP contribution >= 0.6 is 23.2 Å². The minimum atomic E-state index is 0.0842. The van der Waals surface area contributed by atoms with Crippen molar-refractivity contribution >= 4 is 23.2 Å². The first-order valence-electron chi connectivity index (χ1n) is 5.58. The van der Waals surface area contributed by atoms with Crippen molar-refractivity contribution in [3.8, 4) is 11.5 Å². The molecular weight excluding hydrogens is 287 g/mol. The van der Waals surface area contributed by atoms with Crippen molar-refractivity contribution in [2.75, 3.05) is 13.6 Å². The molecule has 2 aromatic rings. The molecule has 0 aromatic heterocycles. The Kier molecular flexibility index (Phi) is 5.33. The third kappa shape index (κ3) is 4.99. The molecule has 0 atom stereocenters. The molecular formula is C14H12Cl2O3. The van der Waals surface area contributed by atoms with E-state index in [9.17, 15) is 0 Å². The van der Waals surface area contributed by atoms with Gasteiger partial charge in [-0.25, -0.2) is 0 Å². The summed E-state index contributed by atoms with van der Waals surface area (Å²) in [6.07, 6.45) is 0. The smallest absolute Gasteiger partial charge is 0.192 e. The van der Waals surface area contributed by atoms with Crippen LogP contribution in [0.5, 0.6) is 11.5 Å². The maximum Gasteiger partial charge on any atom is 0.192 e. The zero-order valence-electron chi connectivity index (χ0n) is 10.0. The van der Waals surface area contributed by atoms with Gasteiger partial charge < -0.3 is 14.2 Å². The molecule has 0 saturated carbocycles. The van der Waals surface area contributed by atoms with Crippen LogP contribution in [0.1, 0.15) is 0 Å². The van der Waals surface area contributed by atoms with Crippen LogP contribution < -0.4 is 9.47 Å². The predicted octanol–water partition coefficient (Wildman–Crippen LogP) is 4.38. The zero-order chi connectivity index (χ0) is 13.5. The molecule has 0 aliphatic rings. The van der Waals surface area contributed by atoms with Crippen LogP contribution in [0.15, 0.2) is 48.5 Å². The first-order valence-corrected chi connectivity index (χ1v) is 6.34. The molecule has 2 aromatic carbocycles. The number of benzene rings is 2. The van der Waals surface area contributed by atoms with Gasteiger partial charge in [0, 0.05) is 10.0 Å². The van der Waals surface area contributed by atoms with E-state index in [4.69, 9.17) is 37.4 Å². The molecule has 0 amide bonds. The molecule has 0 radical (unpaired) electrons. The standard InChI is InChI=1S/C14H12Cl2O3/c15-11-3-1-5-13(7-11)18-9-17-10-19-14-6-2-4-12(16)8-14/h1-8H,9-10H2. The molecule has 0 bridgehead atoms. The lowest BCUT2D eigenvalue weighted by Gasteiger charge is -2.09. The van der Waals surface area contributed by atoms with Gasteiger partial charge in [-0.1, -0.05) is 35.3 Å². The minimum absolute atomic E-state index is 0.0842. The van der Waals surface area contributed by atoms with Gasteiger partial charge in [-0.05, 0) is 36.4 Å².